The Hall–Kier alpha value is -3.15. The lowest BCUT2D eigenvalue weighted by Crippen LogP contribution is -2.29. The second-order valence-electron chi connectivity index (χ2n) is 5.50. The molecule has 1 atom stereocenters. The van der Waals surface area contributed by atoms with Crippen LogP contribution in [0.4, 0.5) is 5.69 Å². The third kappa shape index (κ3) is 3.10. The molecule has 2 amide bonds. The average molecular weight is 339 g/mol. The minimum absolute atomic E-state index is 0.283. The second-order valence-corrected chi connectivity index (χ2v) is 5.50. The number of carbonyl (C=O) groups excluding carboxylic acids is 3. The molecule has 128 valence electrons. The summed E-state index contributed by atoms with van der Waals surface area (Å²) in [4.78, 5) is 37.6. The Morgan fingerprint density at radius 3 is 2.08 bits per heavy atom. The van der Waals surface area contributed by atoms with Crippen LogP contribution in [0.25, 0.3) is 0 Å². The number of anilines is 1. The molecule has 1 aliphatic heterocycles. The standard InChI is InChI=1S/C19H17NO5/c1-3-24-19(23)12(2)25-14-10-8-13(9-11-14)20-17(21)15-6-4-5-7-16(15)18(20)22/h4-12H,3H2,1-2H3. The van der Waals surface area contributed by atoms with E-state index in [0.29, 0.717) is 22.6 Å². The Morgan fingerprint density at radius 2 is 1.56 bits per heavy atom. The van der Waals surface area contributed by atoms with E-state index in [4.69, 9.17) is 9.47 Å². The van der Waals surface area contributed by atoms with Gasteiger partial charge in [0.25, 0.3) is 11.8 Å². The Morgan fingerprint density at radius 1 is 1.00 bits per heavy atom. The fourth-order valence-electron chi connectivity index (χ4n) is 2.61. The van der Waals surface area contributed by atoms with E-state index in [1.54, 1.807) is 62.4 Å². The van der Waals surface area contributed by atoms with Crippen molar-refractivity contribution in [1.29, 1.82) is 0 Å². The van der Waals surface area contributed by atoms with Gasteiger partial charge in [-0.3, -0.25) is 9.59 Å². The van der Waals surface area contributed by atoms with Crippen molar-refractivity contribution in [3.63, 3.8) is 0 Å². The Balaban J connectivity index is 1.77. The first-order valence-corrected chi connectivity index (χ1v) is 7.94. The van der Waals surface area contributed by atoms with Crippen LogP contribution in [-0.2, 0) is 9.53 Å². The van der Waals surface area contributed by atoms with Crippen molar-refractivity contribution in [2.75, 3.05) is 11.5 Å². The monoisotopic (exact) mass is 339 g/mol. The highest BCUT2D eigenvalue weighted by Crippen LogP contribution is 2.29. The van der Waals surface area contributed by atoms with Crippen LogP contribution >= 0.6 is 0 Å². The van der Waals surface area contributed by atoms with Crippen molar-refractivity contribution in [3.8, 4) is 5.75 Å². The average Bonchev–Trinajstić information content (AvgIpc) is 2.87. The van der Waals surface area contributed by atoms with Gasteiger partial charge in [-0.2, -0.15) is 0 Å². The Labute approximate surface area is 145 Å². The largest absolute Gasteiger partial charge is 0.479 e. The van der Waals surface area contributed by atoms with Gasteiger partial charge in [-0.25, -0.2) is 9.69 Å². The van der Waals surface area contributed by atoms with Gasteiger partial charge >= 0.3 is 5.97 Å². The van der Waals surface area contributed by atoms with Crippen molar-refractivity contribution in [2.45, 2.75) is 20.0 Å². The maximum Gasteiger partial charge on any atom is 0.347 e. The first kappa shape index (κ1) is 16.7. The zero-order valence-electron chi connectivity index (χ0n) is 13.9. The van der Waals surface area contributed by atoms with E-state index in [1.807, 2.05) is 0 Å². The van der Waals surface area contributed by atoms with Crippen LogP contribution in [0, 0.1) is 0 Å². The highest BCUT2D eigenvalue weighted by Gasteiger charge is 2.36. The first-order chi connectivity index (χ1) is 12.0. The van der Waals surface area contributed by atoms with Crippen LogP contribution in [0.15, 0.2) is 48.5 Å². The number of esters is 1. The molecule has 0 aromatic heterocycles. The van der Waals surface area contributed by atoms with Crippen LogP contribution in [0.1, 0.15) is 34.6 Å². The molecule has 2 aromatic carbocycles. The quantitative estimate of drug-likeness (QED) is 0.619. The Kier molecular flexibility index (Phi) is 4.52. The molecule has 0 saturated carbocycles. The van der Waals surface area contributed by atoms with E-state index < -0.39 is 12.1 Å². The zero-order valence-corrected chi connectivity index (χ0v) is 13.9. The van der Waals surface area contributed by atoms with E-state index in [-0.39, 0.29) is 18.4 Å². The van der Waals surface area contributed by atoms with Gasteiger partial charge in [0.1, 0.15) is 5.75 Å². The fraction of sp³-hybridized carbons (Fsp3) is 0.211. The van der Waals surface area contributed by atoms with Gasteiger partial charge < -0.3 is 9.47 Å². The molecule has 0 bridgehead atoms. The van der Waals surface area contributed by atoms with Crippen molar-refractivity contribution in [2.24, 2.45) is 0 Å². The third-order valence-corrected chi connectivity index (χ3v) is 3.82. The maximum absolute atomic E-state index is 12.4. The van der Waals surface area contributed by atoms with Gasteiger partial charge in [-0.15, -0.1) is 0 Å². The summed E-state index contributed by atoms with van der Waals surface area (Å²) in [6.45, 7) is 3.60. The van der Waals surface area contributed by atoms with E-state index in [1.165, 1.54) is 0 Å². The van der Waals surface area contributed by atoms with Gasteiger partial charge in [0, 0.05) is 0 Å². The summed E-state index contributed by atoms with van der Waals surface area (Å²) in [5.74, 6) is -0.712. The summed E-state index contributed by atoms with van der Waals surface area (Å²) < 4.78 is 10.4. The van der Waals surface area contributed by atoms with E-state index in [9.17, 15) is 14.4 Å². The molecule has 3 rings (SSSR count). The molecule has 25 heavy (non-hydrogen) atoms. The fourth-order valence-corrected chi connectivity index (χ4v) is 2.61. The minimum Gasteiger partial charge on any atom is -0.479 e. The SMILES string of the molecule is CCOC(=O)C(C)Oc1ccc(N2C(=O)c3ccccc3C2=O)cc1. The second kappa shape index (κ2) is 6.76. The van der Waals surface area contributed by atoms with E-state index in [0.717, 1.165) is 4.90 Å². The molecule has 1 heterocycles. The molecule has 0 radical (unpaired) electrons. The number of fused-ring (bicyclic) bond motifs is 1. The maximum atomic E-state index is 12.4. The number of hydrogen-bond acceptors (Lipinski definition) is 5. The lowest BCUT2D eigenvalue weighted by atomic mass is 10.1. The lowest BCUT2D eigenvalue weighted by Gasteiger charge is -2.16. The summed E-state index contributed by atoms with van der Waals surface area (Å²) in [6.07, 6.45) is -0.745. The zero-order chi connectivity index (χ0) is 18.0. The van der Waals surface area contributed by atoms with Crippen LogP contribution in [-0.4, -0.2) is 30.5 Å². The predicted molar refractivity (Wildman–Crippen MR) is 90.7 cm³/mol. The van der Waals surface area contributed by atoms with Crippen molar-refractivity contribution in [3.05, 3.63) is 59.7 Å². The Bertz CT molecular complexity index is 793. The molecule has 1 aliphatic rings. The molecular weight excluding hydrogens is 322 g/mol. The molecule has 0 fully saturated rings. The number of ether oxygens (including phenoxy) is 2. The van der Waals surface area contributed by atoms with Crippen LogP contribution in [0.2, 0.25) is 0 Å². The summed E-state index contributed by atoms with van der Waals surface area (Å²) >= 11 is 0. The summed E-state index contributed by atoms with van der Waals surface area (Å²) in [6, 6.07) is 13.1. The molecule has 0 saturated heterocycles. The molecule has 1 unspecified atom stereocenters. The number of benzene rings is 2. The number of carbonyl (C=O) groups is 3. The van der Waals surface area contributed by atoms with Gasteiger partial charge in [0.15, 0.2) is 6.10 Å². The van der Waals surface area contributed by atoms with Crippen molar-refractivity contribution in [1.82, 2.24) is 0 Å². The van der Waals surface area contributed by atoms with Gasteiger partial charge in [0.2, 0.25) is 0 Å². The van der Waals surface area contributed by atoms with Crippen LogP contribution in [0.5, 0.6) is 5.75 Å². The summed E-state index contributed by atoms with van der Waals surface area (Å²) in [7, 11) is 0. The summed E-state index contributed by atoms with van der Waals surface area (Å²) in [5, 5.41) is 0. The molecular formula is C19H17NO5. The van der Waals surface area contributed by atoms with Crippen LogP contribution in [0.3, 0.4) is 0 Å². The smallest absolute Gasteiger partial charge is 0.347 e. The normalized spacial score (nSPS) is 14.2. The van der Waals surface area contributed by atoms with Gasteiger partial charge in [-0.05, 0) is 50.2 Å². The minimum atomic E-state index is -0.745. The van der Waals surface area contributed by atoms with Crippen molar-refractivity contribution >= 4 is 23.5 Å². The number of amides is 2. The lowest BCUT2D eigenvalue weighted by molar-refractivity contribution is -0.150. The number of rotatable bonds is 5. The molecule has 6 heteroatoms. The highest BCUT2D eigenvalue weighted by atomic mass is 16.6. The van der Waals surface area contributed by atoms with Gasteiger partial charge in [-0.1, -0.05) is 12.1 Å². The van der Waals surface area contributed by atoms with Gasteiger partial charge in [0.05, 0.1) is 23.4 Å². The van der Waals surface area contributed by atoms with E-state index in [2.05, 4.69) is 0 Å². The number of imide groups is 1. The van der Waals surface area contributed by atoms with Crippen molar-refractivity contribution < 1.29 is 23.9 Å². The first-order valence-electron chi connectivity index (χ1n) is 7.94. The molecule has 0 aliphatic carbocycles. The number of nitrogens with zero attached hydrogens (tertiary/aromatic N) is 1. The molecule has 2 aromatic rings. The molecule has 6 nitrogen and oxygen atoms in total. The molecule has 0 spiro atoms. The highest BCUT2D eigenvalue weighted by molar-refractivity contribution is 6.34. The third-order valence-electron chi connectivity index (χ3n) is 3.82. The van der Waals surface area contributed by atoms with E-state index >= 15 is 0 Å². The topological polar surface area (TPSA) is 72.9 Å². The summed E-state index contributed by atoms with van der Waals surface area (Å²) in [5.41, 5.74) is 1.23. The predicted octanol–water partition coefficient (Wildman–Crippen LogP) is 2.82. The molecule has 0 N–H and O–H groups in total. The number of hydrogen-bond donors (Lipinski definition) is 0. The van der Waals surface area contributed by atoms with Crippen LogP contribution < -0.4 is 9.64 Å².